The lowest BCUT2D eigenvalue weighted by Gasteiger charge is -1.99. The van der Waals surface area contributed by atoms with E-state index in [1.807, 2.05) is 0 Å². The standard InChI is InChI=1S/C10H16BrNO2/c1-4-8-7(2)10(6-14-13-3)12-9(8)5-11/h12H,4-6H2,1-3H3. The molecular weight excluding hydrogens is 246 g/mol. The lowest BCUT2D eigenvalue weighted by Crippen LogP contribution is -1.93. The van der Waals surface area contributed by atoms with Gasteiger partial charge in [0, 0.05) is 16.7 Å². The number of alkyl halides is 1. The highest BCUT2D eigenvalue weighted by Gasteiger charge is 2.11. The van der Waals surface area contributed by atoms with Crippen LogP contribution in [0.15, 0.2) is 0 Å². The molecule has 0 amide bonds. The van der Waals surface area contributed by atoms with Gasteiger partial charge in [0.1, 0.15) is 6.61 Å². The van der Waals surface area contributed by atoms with E-state index in [0.717, 1.165) is 17.4 Å². The van der Waals surface area contributed by atoms with Crippen molar-refractivity contribution < 1.29 is 9.78 Å². The monoisotopic (exact) mass is 261 g/mol. The summed E-state index contributed by atoms with van der Waals surface area (Å²) in [5, 5.41) is 0.851. The minimum absolute atomic E-state index is 0.475. The van der Waals surface area contributed by atoms with Gasteiger partial charge in [0.05, 0.1) is 7.11 Å². The fraction of sp³-hybridized carbons (Fsp3) is 0.600. The highest BCUT2D eigenvalue weighted by molar-refractivity contribution is 9.08. The van der Waals surface area contributed by atoms with Crippen LogP contribution in [0.5, 0.6) is 0 Å². The molecule has 0 aromatic carbocycles. The quantitative estimate of drug-likeness (QED) is 0.503. The number of aromatic nitrogens is 1. The first-order valence-corrected chi connectivity index (χ1v) is 5.77. The van der Waals surface area contributed by atoms with Gasteiger partial charge in [-0.3, -0.25) is 0 Å². The van der Waals surface area contributed by atoms with E-state index in [2.05, 4.69) is 39.6 Å². The van der Waals surface area contributed by atoms with Crippen molar-refractivity contribution in [3.05, 3.63) is 22.5 Å². The van der Waals surface area contributed by atoms with Crippen LogP contribution < -0.4 is 0 Å². The second-order valence-corrected chi connectivity index (χ2v) is 3.66. The summed E-state index contributed by atoms with van der Waals surface area (Å²) in [6, 6.07) is 0. The van der Waals surface area contributed by atoms with E-state index in [-0.39, 0.29) is 0 Å². The molecule has 1 aromatic rings. The molecule has 0 radical (unpaired) electrons. The van der Waals surface area contributed by atoms with E-state index in [1.165, 1.54) is 23.9 Å². The average Bonchev–Trinajstić information content (AvgIpc) is 2.51. The van der Waals surface area contributed by atoms with Gasteiger partial charge in [-0.05, 0) is 24.5 Å². The second-order valence-electron chi connectivity index (χ2n) is 3.10. The molecule has 0 saturated heterocycles. The second kappa shape index (κ2) is 5.53. The molecule has 1 rings (SSSR count). The first-order chi connectivity index (χ1) is 6.74. The predicted octanol–water partition coefficient (Wildman–Crippen LogP) is 2.86. The highest BCUT2D eigenvalue weighted by atomic mass is 79.9. The third-order valence-electron chi connectivity index (χ3n) is 2.38. The average molecular weight is 262 g/mol. The van der Waals surface area contributed by atoms with Gasteiger partial charge in [-0.2, -0.15) is 0 Å². The van der Waals surface area contributed by atoms with Crippen LogP contribution in [0.4, 0.5) is 0 Å². The van der Waals surface area contributed by atoms with E-state index in [4.69, 9.17) is 4.89 Å². The van der Waals surface area contributed by atoms with E-state index >= 15 is 0 Å². The van der Waals surface area contributed by atoms with Crippen molar-refractivity contribution in [2.45, 2.75) is 32.2 Å². The molecular formula is C10H16BrNO2. The van der Waals surface area contributed by atoms with Crippen molar-refractivity contribution in [3.8, 4) is 0 Å². The molecule has 4 heteroatoms. The molecule has 0 spiro atoms. The number of rotatable bonds is 5. The van der Waals surface area contributed by atoms with E-state index in [0.29, 0.717) is 6.61 Å². The number of aromatic amines is 1. The fourth-order valence-corrected chi connectivity index (χ4v) is 2.09. The molecule has 1 aromatic heterocycles. The van der Waals surface area contributed by atoms with Crippen LogP contribution in [0.3, 0.4) is 0 Å². The van der Waals surface area contributed by atoms with Gasteiger partial charge >= 0.3 is 0 Å². The Balaban J connectivity index is 2.89. The van der Waals surface area contributed by atoms with Crippen LogP contribution in [0.1, 0.15) is 29.4 Å². The minimum Gasteiger partial charge on any atom is -0.359 e. The topological polar surface area (TPSA) is 34.2 Å². The fourth-order valence-electron chi connectivity index (χ4n) is 1.61. The summed E-state index contributed by atoms with van der Waals surface area (Å²) in [4.78, 5) is 12.8. The van der Waals surface area contributed by atoms with Crippen LogP contribution in [-0.2, 0) is 28.1 Å². The van der Waals surface area contributed by atoms with Crippen molar-refractivity contribution in [2.24, 2.45) is 0 Å². The number of H-pyrrole nitrogens is 1. The minimum atomic E-state index is 0.475. The maximum absolute atomic E-state index is 4.91. The normalized spacial score (nSPS) is 10.9. The Labute approximate surface area is 92.9 Å². The Kier molecular flexibility index (Phi) is 4.65. The van der Waals surface area contributed by atoms with Crippen LogP contribution in [-0.4, -0.2) is 12.1 Å². The molecule has 1 heterocycles. The molecule has 14 heavy (non-hydrogen) atoms. The van der Waals surface area contributed by atoms with E-state index < -0.39 is 0 Å². The number of hydrogen-bond donors (Lipinski definition) is 1. The summed E-state index contributed by atoms with van der Waals surface area (Å²) in [5.74, 6) is 0. The SMILES string of the molecule is CCc1c(CBr)[nH]c(COOC)c1C. The molecule has 0 atom stereocenters. The van der Waals surface area contributed by atoms with Gasteiger partial charge in [-0.15, -0.1) is 0 Å². The first-order valence-electron chi connectivity index (χ1n) is 4.65. The molecule has 0 aliphatic rings. The molecule has 0 fully saturated rings. The van der Waals surface area contributed by atoms with Crippen LogP contribution in [0.25, 0.3) is 0 Å². The maximum atomic E-state index is 4.91. The predicted molar refractivity (Wildman–Crippen MR) is 59.3 cm³/mol. The molecule has 0 bridgehead atoms. The lowest BCUT2D eigenvalue weighted by atomic mass is 10.1. The lowest BCUT2D eigenvalue weighted by molar-refractivity contribution is -0.282. The van der Waals surface area contributed by atoms with Crippen molar-refractivity contribution in [3.63, 3.8) is 0 Å². The number of halogens is 1. The Morgan fingerprint density at radius 3 is 2.50 bits per heavy atom. The third kappa shape index (κ3) is 2.38. The number of hydrogen-bond acceptors (Lipinski definition) is 2. The first kappa shape index (κ1) is 11.8. The van der Waals surface area contributed by atoms with Gasteiger partial charge < -0.3 is 4.98 Å². The van der Waals surface area contributed by atoms with Gasteiger partial charge in [0.25, 0.3) is 0 Å². The Hall–Kier alpha value is -0.320. The Morgan fingerprint density at radius 1 is 1.36 bits per heavy atom. The van der Waals surface area contributed by atoms with Gasteiger partial charge in [0.15, 0.2) is 0 Å². The van der Waals surface area contributed by atoms with Crippen LogP contribution in [0.2, 0.25) is 0 Å². The smallest absolute Gasteiger partial charge is 0.122 e. The van der Waals surface area contributed by atoms with Gasteiger partial charge in [-0.25, -0.2) is 9.78 Å². The molecule has 1 N–H and O–H groups in total. The zero-order valence-corrected chi connectivity index (χ0v) is 10.4. The molecule has 0 aliphatic carbocycles. The van der Waals surface area contributed by atoms with Crippen molar-refractivity contribution >= 4 is 15.9 Å². The van der Waals surface area contributed by atoms with Crippen LogP contribution >= 0.6 is 15.9 Å². The highest BCUT2D eigenvalue weighted by Crippen LogP contribution is 2.21. The largest absolute Gasteiger partial charge is 0.359 e. The molecule has 80 valence electrons. The summed E-state index contributed by atoms with van der Waals surface area (Å²) in [6.07, 6.45) is 1.04. The summed E-state index contributed by atoms with van der Waals surface area (Å²) < 4.78 is 0. The summed E-state index contributed by atoms with van der Waals surface area (Å²) in [6.45, 7) is 4.74. The maximum Gasteiger partial charge on any atom is 0.122 e. The molecule has 0 aliphatic heterocycles. The summed E-state index contributed by atoms with van der Waals surface area (Å²) in [7, 11) is 1.52. The molecule has 3 nitrogen and oxygen atoms in total. The van der Waals surface area contributed by atoms with Crippen molar-refractivity contribution in [1.82, 2.24) is 4.98 Å². The van der Waals surface area contributed by atoms with Gasteiger partial charge in [0.2, 0.25) is 0 Å². The number of nitrogens with one attached hydrogen (secondary N) is 1. The zero-order valence-electron chi connectivity index (χ0n) is 8.82. The molecule has 0 saturated carbocycles. The Morgan fingerprint density at radius 2 is 2.07 bits per heavy atom. The third-order valence-corrected chi connectivity index (χ3v) is 2.94. The van der Waals surface area contributed by atoms with E-state index in [9.17, 15) is 0 Å². The van der Waals surface area contributed by atoms with Crippen LogP contribution in [0, 0.1) is 6.92 Å². The zero-order chi connectivity index (χ0) is 10.6. The van der Waals surface area contributed by atoms with Crippen molar-refractivity contribution in [1.29, 1.82) is 0 Å². The van der Waals surface area contributed by atoms with Crippen molar-refractivity contribution in [2.75, 3.05) is 7.11 Å². The molecule has 0 unspecified atom stereocenters. The summed E-state index contributed by atoms with van der Waals surface area (Å²) >= 11 is 3.46. The Bertz CT molecular complexity index is 297. The van der Waals surface area contributed by atoms with Gasteiger partial charge in [-0.1, -0.05) is 22.9 Å². The summed E-state index contributed by atoms with van der Waals surface area (Å²) in [5.41, 5.74) is 4.98. The van der Waals surface area contributed by atoms with E-state index in [1.54, 1.807) is 0 Å².